The van der Waals surface area contributed by atoms with E-state index in [0.29, 0.717) is 6.54 Å². The van der Waals surface area contributed by atoms with Gasteiger partial charge >= 0.3 is 0 Å². The largest absolute Gasteiger partial charge is 0.354 e. The topological polar surface area (TPSA) is 86.8 Å². The third kappa shape index (κ3) is 8.46. The van der Waals surface area contributed by atoms with Crippen LogP contribution in [0.3, 0.4) is 0 Å². The van der Waals surface area contributed by atoms with Crippen LogP contribution >= 0.6 is 27.5 Å². The zero-order valence-electron chi connectivity index (χ0n) is 23.7. The third-order valence-corrected chi connectivity index (χ3v) is 9.44. The lowest BCUT2D eigenvalue weighted by Gasteiger charge is -2.34. The van der Waals surface area contributed by atoms with Gasteiger partial charge in [0.25, 0.3) is 10.0 Å². The number of nitrogens with zero attached hydrogens (tertiary/aromatic N) is 2. The zero-order valence-corrected chi connectivity index (χ0v) is 26.9. The minimum absolute atomic E-state index is 0.0173. The summed E-state index contributed by atoms with van der Waals surface area (Å²) in [5.74, 6) is -0.860. The number of nitrogens with one attached hydrogen (secondary N) is 1. The molecule has 4 rings (SSSR count). The van der Waals surface area contributed by atoms with E-state index in [2.05, 4.69) is 21.2 Å². The highest BCUT2D eigenvalue weighted by Crippen LogP contribution is 2.31. The molecule has 0 unspecified atom stereocenters. The number of sulfonamides is 1. The van der Waals surface area contributed by atoms with Crippen LogP contribution in [-0.4, -0.2) is 44.3 Å². The highest BCUT2D eigenvalue weighted by Gasteiger charge is 2.35. The Hall–Kier alpha value is -3.66. The second-order valence-corrected chi connectivity index (χ2v) is 13.1. The van der Waals surface area contributed by atoms with Gasteiger partial charge in [-0.3, -0.25) is 13.9 Å². The summed E-state index contributed by atoms with van der Waals surface area (Å²) in [5, 5.41) is 3.12. The van der Waals surface area contributed by atoms with E-state index in [1.54, 1.807) is 42.5 Å². The Bertz CT molecular complexity index is 1620. The summed E-state index contributed by atoms with van der Waals surface area (Å²) < 4.78 is 29.9. The predicted molar refractivity (Wildman–Crippen MR) is 174 cm³/mol. The summed E-state index contributed by atoms with van der Waals surface area (Å²) in [6, 6.07) is 30.4. The highest BCUT2D eigenvalue weighted by molar-refractivity contribution is 9.10. The molecule has 0 aliphatic carbocycles. The average molecular weight is 683 g/mol. The first-order chi connectivity index (χ1) is 20.7. The van der Waals surface area contributed by atoms with Crippen molar-refractivity contribution in [3.05, 3.63) is 130 Å². The number of amides is 2. The molecule has 0 aliphatic heterocycles. The molecule has 0 bridgehead atoms. The van der Waals surface area contributed by atoms with Crippen LogP contribution in [0, 0.1) is 0 Å². The number of carbonyl (C=O) groups excluding carboxylic acids is 2. The third-order valence-electron chi connectivity index (χ3n) is 6.82. The molecule has 2 amide bonds. The fraction of sp³-hybridized carbons (Fsp3) is 0.212. The molecule has 43 heavy (non-hydrogen) atoms. The van der Waals surface area contributed by atoms with Gasteiger partial charge in [-0.2, -0.15) is 0 Å². The summed E-state index contributed by atoms with van der Waals surface area (Å²) in [7, 11) is -4.21. The molecule has 0 fully saturated rings. The van der Waals surface area contributed by atoms with Crippen molar-refractivity contribution in [2.24, 2.45) is 0 Å². The molecule has 0 radical (unpaired) electrons. The van der Waals surface area contributed by atoms with Crippen molar-refractivity contribution in [3.8, 4) is 0 Å². The standard InChI is InChI=1S/C33H33BrClN3O4S/c1-2-21-36-33(40)31(22-25-11-5-3-6-12-25)37(23-26-17-19-27(34)20-18-26)32(39)24-38(30-16-10-9-15-29(30)35)43(41,42)28-13-7-4-8-14-28/h3-20,31H,2,21-24H2,1H3,(H,36,40)/t31-/m1/s1. The van der Waals surface area contributed by atoms with Crippen LogP contribution in [0.1, 0.15) is 24.5 Å². The number of rotatable bonds is 13. The maximum absolute atomic E-state index is 14.4. The van der Waals surface area contributed by atoms with Gasteiger partial charge < -0.3 is 10.2 Å². The van der Waals surface area contributed by atoms with E-state index in [1.165, 1.54) is 17.0 Å². The lowest BCUT2D eigenvalue weighted by Crippen LogP contribution is -2.53. The van der Waals surface area contributed by atoms with Crippen molar-refractivity contribution in [1.82, 2.24) is 10.2 Å². The monoisotopic (exact) mass is 681 g/mol. The smallest absolute Gasteiger partial charge is 0.264 e. The number of hydrogen-bond donors (Lipinski definition) is 1. The van der Waals surface area contributed by atoms with E-state index in [1.807, 2.05) is 61.5 Å². The quantitative estimate of drug-likeness (QED) is 0.175. The number of halogens is 2. The van der Waals surface area contributed by atoms with Crippen LogP contribution < -0.4 is 9.62 Å². The van der Waals surface area contributed by atoms with Crippen LogP contribution in [0.5, 0.6) is 0 Å². The first-order valence-corrected chi connectivity index (χ1v) is 16.5. The Balaban J connectivity index is 1.79. The van der Waals surface area contributed by atoms with E-state index in [-0.39, 0.29) is 34.5 Å². The lowest BCUT2D eigenvalue weighted by atomic mass is 10.0. The molecule has 1 N–H and O–H groups in total. The molecule has 0 aromatic heterocycles. The fourth-order valence-corrected chi connectivity index (χ4v) is 6.60. The van der Waals surface area contributed by atoms with Crippen LogP contribution in [0.25, 0.3) is 0 Å². The van der Waals surface area contributed by atoms with Crippen molar-refractivity contribution in [2.45, 2.75) is 37.2 Å². The molecule has 0 saturated carbocycles. The molecule has 10 heteroatoms. The first kappa shape index (κ1) is 32.3. The molecule has 1 atom stereocenters. The number of carbonyl (C=O) groups is 2. The molecular formula is C33H33BrClN3O4S. The number of hydrogen-bond acceptors (Lipinski definition) is 4. The molecular weight excluding hydrogens is 650 g/mol. The Morgan fingerprint density at radius 3 is 2.07 bits per heavy atom. The van der Waals surface area contributed by atoms with Crippen LogP contribution in [-0.2, 0) is 32.6 Å². The molecule has 4 aromatic rings. The van der Waals surface area contributed by atoms with E-state index in [4.69, 9.17) is 11.6 Å². The van der Waals surface area contributed by atoms with Crippen molar-refractivity contribution in [3.63, 3.8) is 0 Å². The van der Waals surface area contributed by atoms with Gasteiger partial charge in [0.15, 0.2) is 0 Å². The molecule has 0 aliphatic rings. The van der Waals surface area contributed by atoms with E-state index < -0.39 is 28.5 Å². The number of para-hydroxylation sites is 1. The first-order valence-electron chi connectivity index (χ1n) is 13.9. The van der Waals surface area contributed by atoms with Crippen molar-refractivity contribution >= 4 is 55.1 Å². The highest BCUT2D eigenvalue weighted by atomic mass is 79.9. The Morgan fingerprint density at radius 2 is 1.44 bits per heavy atom. The Morgan fingerprint density at radius 1 is 0.837 bits per heavy atom. The van der Waals surface area contributed by atoms with Gasteiger partial charge in [0.05, 0.1) is 15.6 Å². The van der Waals surface area contributed by atoms with Crippen molar-refractivity contribution in [1.29, 1.82) is 0 Å². The number of anilines is 1. The van der Waals surface area contributed by atoms with Gasteiger partial charge in [0.2, 0.25) is 11.8 Å². The predicted octanol–water partition coefficient (Wildman–Crippen LogP) is 6.46. The summed E-state index contributed by atoms with van der Waals surface area (Å²) in [4.78, 5) is 29.5. The minimum atomic E-state index is -4.21. The van der Waals surface area contributed by atoms with E-state index >= 15 is 0 Å². The molecule has 0 saturated heterocycles. The normalized spacial score (nSPS) is 11.9. The van der Waals surface area contributed by atoms with Crippen molar-refractivity contribution < 1.29 is 18.0 Å². The fourth-order valence-electron chi connectivity index (χ4n) is 4.59. The van der Waals surface area contributed by atoms with E-state index in [0.717, 1.165) is 26.3 Å². The molecule has 7 nitrogen and oxygen atoms in total. The molecule has 4 aromatic carbocycles. The Labute approximate surface area is 266 Å². The minimum Gasteiger partial charge on any atom is -0.354 e. The zero-order chi connectivity index (χ0) is 30.8. The van der Waals surface area contributed by atoms with E-state index in [9.17, 15) is 18.0 Å². The van der Waals surface area contributed by atoms with Gasteiger partial charge in [-0.25, -0.2) is 8.42 Å². The maximum atomic E-state index is 14.4. The molecule has 0 heterocycles. The molecule has 224 valence electrons. The maximum Gasteiger partial charge on any atom is 0.264 e. The number of benzene rings is 4. The Kier molecular flexibility index (Phi) is 11.4. The summed E-state index contributed by atoms with van der Waals surface area (Å²) >= 11 is 9.94. The summed E-state index contributed by atoms with van der Waals surface area (Å²) in [6.45, 7) is 1.92. The second kappa shape index (κ2) is 15.2. The summed E-state index contributed by atoms with van der Waals surface area (Å²) in [6.07, 6.45) is 0.968. The van der Waals surface area contributed by atoms with Gasteiger partial charge in [0, 0.05) is 24.0 Å². The second-order valence-electron chi connectivity index (χ2n) is 9.92. The van der Waals surface area contributed by atoms with Gasteiger partial charge in [-0.05, 0) is 53.9 Å². The van der Waals surface area contributed by atoms with Crippen molar-refractivity contribution in [2.75, 3.05) is 17.4 Å². The van der Waals surface area contributed by atoms with Gasteiger partial charge in [0.1, 0.15) is 12.6 Å². The van der Waals surface area contributed by atoms with Crippen LogP contribution in [0.4, 0.5) is 5.69 Å². The van der Waals surface area contributed by atoms with Gasteiger partial charge in [-0.1, -0.05) is 107 Å². The molecule has 0 spiro atoms. The summed E-state index contributed by atoms with van der Waals surface area (Å²) in [5.41, 5.74) is 1.82. The lowest BCUT2D eigenvalue weighted by molar-refractivity contribution is -0.140. The van der Waals surface area contributed by atoms with Crippen LogP contribution in [0.2, 0.25) is 5.02 Å². The van der Waals surface area contributed by atoms with Crippen LogP contribution in [0.15, 0.2) is 119 Å². The van der Waals surface area contributed by atoms with Gasteiger partial charge in [-0.15, -0.1) is 0 Å². The average Bonchev–Trinajstić information content (AvgIpc) is 3.02. The SMILES string of the molecule is CCCNC(=O)[C@@H](Cc1ccccc1)N(Cc1ccc(Br)cc1)C(=O)CN(c1ccccc1Cl)S(=O)(=O)c1ccccc1.